The van der Waals surface area contributed by atoms with E-state index in [1.807, 2.05) is 6.26 Å². The number of carbonyl (C=O) groups excluding carboxylic acids is 1. The lowest BCUT2D eigenvalue weighted by molar-refractivity contribution is -0.116. The molecule has 1 unspecified atom stereocenters. The van der Waals surface area contributed by atoms with Crippen LogP contribution in [0.1, 0.15) is 28.2 Å². The van der Waals surface area contributed by atoms with Crippen LogP contribution in [0.2, 0.25) is 0 Å². The van der Waals surface area contributed by atoms with Gasteiger partial charge >= 0.3 is 5.97 Å². The Kier molecular flexibility index (Phi) is 4.38. The first-order chi connectivity index (χ1) is 7.47. The monoisotopic (exact) mass is 258 g/mol. The van der Waals surface area contributed by atoms with Crippen molar-refractivity contribution in [1.82, 2.24) is 0 Å². The Balaban J connectivity index is 3.30. The van der Waals surface area contributed by atoms with Crippen molar-refractivity contribution in [3.05, 3.63) is 29.3 Å². The van der Waals surface area contributed by atoms with Crippen molar-refractivity contribution in [2.24, 2.45) is 0 Å². The van der Waals surface area contributed by atoms with Crippen molar-refractivity contribution < 1.29 is 14.7 Å². The van der Waals surface area contributed by atoms with Gasteiger partial charge in [0.2, 0.25) is 0 Å². The van der Waals surface area contributed by atoms with Gasteiger partial charge in [-0.15, -0.1) is 23.4 Å². The average molecular weight is 259 g/mol. The maximum absolute atomic E-state index is 11.2. The molecular formula is C11H11ClO3S. The van der Waals surface area contributed by atoms with Crippen LogP contribution >= 0.6 is 23.4 Å². The van der Waals surface area contributed by atoms with Gasteiger partial charge in [0.1, 0.15) is 5.38 Å². The molecule has 1 atom stereocenters. The maximum atomic E-state index is 11.2. The summed E-state index contributed by atoms with van der Waals surface area (Å²) in [6.45, 7) is 1.34. The molecule has 0 saturated carbocycles. The fraction of sp³-hybridized carbons (Fsp3) is 0.273. The molecule has 0 fully saturated rings. The van der Waals surface area contributed by atoms with Crippen molar-refractivity contribution in [3.63, 3.8) is 0 Å². The quantitative estimate of drug-likeness (QED) is 0.666. The Bertz CT molecular complexity index is 431. The lowest BCUT2D eigenvalue weighted by atomic mass is 10.0. The van der Waals surface area contributed by atoms with Crippen molar-refractivity contribution in [2.75, 3.05) is 6.26 Å². The lowest BCUT2D eigenvalue weighted by Crippen LogP contribution is -2.09. The van der Waals surface area contributed by atoms with Crippen LogP contribution in [0, 0.1) is 0 Å². The van der Waals surface area contributed by atoms with Crippen LogP contribution in [0.5, 0.6) is 0 Å². The highest BCUT2D eigenvalue weighted by Gasteiger charge is 2.20. The molecule has 5 heteroatoms. The van der Waals surface area contributed by atoms with Crippen LogP contribution in [-0.2, 0) is 4.79 Å². The molecule has 0 bridgehead atoms. The molecule has 0 radical (unpaired) electrons. The lowest BCUT2D eigenvalue weighted by Gasteiger charge is -2.11. The average Bonchev–Trinajstić information content (AvgIpc) is 2.26. The van der Waals surface area contributed by atoms with Gasteiger partial charge in [0.25, 0.3) is 0 Å². The Labute approximate surface area is 103 Å². The molecule has 3 nitrogen and oxygen atoms in total. The van der Waals surface area contributed by atoms with Gasteiger partial charge in [-0.25, -0.2) is 4.79 Å². The van der Waals surface area contributed by atoms with Crippen molar-refractivity contribution in [2.45, 2.75) is 17.2 Å². The number of hydrogen-bond donors (Lipinski definition) is 1. The minimum absolute atomic E-state index is 0.0769. The van der Waals surface area contributed by atoms with Gasteiger partial charge in [0.05, 0.1) is 5.56 Å². The van der Waals surface area contributed by atoms with Crippen molar-refractivity contribution >= 4 is 35.1 Å². The first kappa shape index (κ1) is 13.1. The van der Waals surface area contributed by atoms with Crippen LogP contribution in [0.3, 0.4) is 0 Å². The molecule has 1 aromatic carbocycles. The van der Waals surface area contributed by atoms with Crippen molar-refractivity contribution in [3.8, 4) is 0 Å². The number of carboxylic acids is 1. The van der Waals surface area contributed by atoms with E-state index in [-0.39, 0.29) is 11.3 Å². The number of ketones is 1. The molecule has 0 saturated heterocycles. The predicted molar refractivity (Wildman–Crippen MR) is 64.5 cm³/mol. The Hall–Kier alpha value is -1.00. The number of aromatic carboxylic acids is 1. The summed E-state index contributed by atoms with van der Waals surface area (Å²) in [5.74, 6) is -1.34. The van der Waals surface area contributed by atoms with Gasteiger partial charge in [0, 0.05) is 4.90 Å². The van der Waals surface area contributed by atoms with E-state index in [9.17, 15) is 9.59 Å². The van der Waals surface area contributed by atoms with Gasteiger partial charge in [0.15, 0.2) is 5.78 Å². The first-order valence-corrected chi connectivity index (χ1v) is 6.19. The summed E-state index contributed by atoms with van der Waals surface area (Å²) >= 11 is 7.37. The Morgan fingerprint density at radius 2 is 2.06 bits per heavy atom. The number of Topliss-reactive ketones (excluding diaryl/α,β-unsaturated/α-hetero) is 1. The summed E-state index contributed by atoms with van der Waals surface area (Å²) < 4.78 is 0. The number of thioether (sulfide) groups is 1. The van der Waals surface area contributed by atoms with Crippen LogP contribution in [0.4, 0.5) is 0 Å². The zero-order chi connectivity index (χ0) is 12.3. The number of hydrogen-bond acceptors (Lipinski definition) is 3. The van der Waals surface area contributed by atoms with E-state index >= 15 is 0 Å². The number of carbonyl (C=O) groups is 2. The first-order valence-electron chi connectivity index (χ1n) is 4.53. The molecule has 0 aliphatic rings. The fourth-order valence-corrected chi connectivity index (χ4v) is 1.92. The Morgan fingerprint density at radius 3 is 2.50 bits per heavy atom. The van der Waals surface area contributed by atoms with Crippen LogP contribution in [0.15, 0.2) is 23.1 Å². The largest absolute Gasteiger partial charge is 0.478 e. The number of carboxylic acid groups (broad SMARTS) is 1. The summed E-state index contributed by atoms with van der Waals surface area (Å²) in [5.41, 5.74) is 0.432. The van der Waals surface area contributed by atoms with Crippen LogP contribution in [-0.4, -0.2) is 23.1 Å². The number of rotatable bonds is 4. The van der Waals surface area contributed by atoms with Gasteiger partial charge in [-0.1, -0.05) is 0 Å². The summed E-state index contributed by atoms with van der Waals surface area (Å²) in [5, 5.41) is 8.08. The van der Waals surface area contributed by atoms with Gasteiger partial charge in [-0.3, -0.25) is 4.79 Å². The summed E-state index contributed by atoms with van der Waals surface area (Å²) in [4.78, 5) is 23.0. The standard InChI is InChI=1S/C11H11ClO3S/c1-6(13)10(12)9-5-7(16-2)3-4-8(9)11(14)15/h3-5,10H,1-2H3,(H,14,15). The highest BCUT2D eigenvalue weighted by Crippen LogP contribution is 2.29. The van der Waals surface area contributed by atoms with Crippen LogP contribution < -0.4 is 0 Å². The molecular weight excluding hydrogens is 248 g/mol. The minimum Gasteiger partial charge on any atom is -0.478 e. The molecule has 16 heavy (non-hydrogen) atoms. The summed E-state index contributed by atoms with van der Waals surface area (Å²) in [6.07, 6.45) is 1.87. The third kappa shape index (κ3) is 2.77. The minimum atomic E-state index is -1.07. The van der Waals surface area contributed by atoms with Gasteiger partial charge in [-0.2, -0.15) is 0 Å². The van der Waals surface area contributed by atoms with E-state index in [1.165, 1.54) is 24.8 Å². The smallest absolute Gasteiger partial charge is 0.336 e. The molecule has 86 valence electrons. The number of halogens is 1. The highest BCUT2D eigenvalue weighted by molar-refractivity contribution is 7.98. The normalized spacial score (nSPS) is 12.2. The van der Waals surface area contributed by atoms with Gasteiger partial charge < -0.3 is 5.11 Å². The molecule has 1 aromatic rings. The molecule has 0 aliphatic heterocycles. The van der Waals surface area contributed by atoms with E-state index in [2.05, 4.69) is 0 Å². The molecule has 0 spiro atoms. The maximum Gasteiger partial charge on any atom is 0.336 e. The van der Waals surface area contributed by atoms with Crippen LogP contribution in [0.25, 0.3) is 0 Å². The molecule has 0 amide bonds. The third-order valence-corrected chi connectivity index (χ3v) is 3.39. The Morgan fingerprint density at radius 1 is 1.44 bits per heavy atom. The third-order valence-electron chi connectivity index (χ3n) is 2.12. The predicted octanol–water partition coefficient (Wildman–Crippen LogP) is 2.98. The topological polar surface area (TPSA) is 54.4 Å². The van der Waals surface area contributed by atoms with Gasteiger partial charge in [-0.05, 0) is 36.9 Å². The molecule has 0 aliphatic carbocycles. The summed E-state index contributed by atoms with van der Waals surface area (Å²) in [6, 6.07) is 4.82. The zero-order valence-electron chi connectivity index (χ0n) is 8.86. The second kappa shape index (κ2) is 5.37. The van der Waals surface area contributed by atoms with E-state index < -0.39 is 11.3 Å². The number of benzene rings is 1. The second-order valence-electron chi connectivity index (χ2n) is 3.23. The number of alkyl halides is 1. The van der Waals surface area contributed by atoms with E-state index in [0.717, 1.165) is 4.90 Å². The van der Waals surface area contributed by atoms with E-state index in [4.69, 9.17) is 16.7 Å². The molecule has 1 rings (SSSR count). The summed E-state index contributed by atoms with van der Waals surface area (Å²) in [7, 11) is 0. The molecule has 0 aromatic heterocycles. The van der Waals surface area contributed by atoms with Crippen molar-refractivity contribution in [1.29, 1.82) is 0 Å². The zero-order valence-corrected chi connectivity index (χ0v) is 10.4. The highest BCUT2D eigenvalue weighted by atomic mass is 35.5. The molecule has 0 heterocycles. The van der Waals surface area contributed by atoms with E-state index in [0.29, 0.717) is 5.56 Å². The van der Waals surface area contributed by atoms with E-state index in [1.54, 1.807) is 12.1 Å². The molecule has 1 N–H and O–H groups in total. The second-order valence-corrected chi connectivity index (χ2v) is 4.55. The SMILES string of the molecule is CSc1ccc(C(=O)O)c(C(Cl)C(C)=O)c1. The fourth-order valence-electron chi connectivity index (χ4n) is 1.29.